The summed E-state index contributed by atoms with van der Waals surface area (Å²) in [6, 6.07) is 5.29. The van der Waals surface area contributed by atoms with Crippen molar-refractivity contribution in [2.75, 3.05) is 5.32 Å². The van der Waals surface area contributed by atoms with Gasteiger partial charge in [-0.15, -0.1) is 0 Å². The molecule has 0 aromatic heterocycles. The highest BCUT2D eigenvalue weighted by molar-refractivity contribution is 9.10. The minimum atomic E-state index is -0.446. The molecule has 0 aliphatic carbocycles. The molecular formula is C13H19BrN2O. The SMILES string of the molecule is Cc1cc(Br)ccc1NC(=O)[C@H](N)CC(C)C. The van der Waals surface area contributed by atoms with Crippen molar-refractivity contribution in [3.63, 3.8) is 0 Å². The summed E-state index contributed by atoms with van der Waals surface area (Å²) in [5.74, 6) is 0.297. The van der Waals surface area contributed by atoms with Gasteiger partial charge in [-0.3, -0.25) is 4.79 Å². The summed E-state index contributed by atoms with van der Waals surface area (Å²) < 4.78 is 1.000. The average Bonchev–Trinajstić information content (AvgIpc) is 2.21. The molecule has 1 amide bonds. The maximum absolute atomic E-state index is 11.8. The lowest BCUT2D eigenvalue weighted by atomic mass is 10.0. The number of carbonyl (C=O) groups is 1. The summed E-state index contributed by atoms with van der Waals surface area (Å²) in [6.45, 7) is 6.06. The summed E-state index contributed by atoms with van der Waals surface area (Å²) in [4.78, 5) is 11.8. The van der Waals surface area contributed by atoms with Crippen LogP contribution in [0.25, 0.3) is 0 Å². The second-order valence-corrected chi connectivity index (χ2v) is 5.60. The Morgan fingerprint density at radius 3 is 2.65 bits per heavy atom. The molecule has 0 fully saturated rings. The van der Waals surface area contributed by atoms with E-state index in [-0.39, 0.29) is 5.91 Å². The zero-order chi connectivity index (χ0) is 13.0. The van der Waals surface area contributed by atoms with Gasteiger partial charge in [0.05, 0.1) is 6.04 Å². The molecular weight excluding hydrogens is 280 g/mol. The number of anilines is 1. The smallest absolute Gasteiger partial charge is 0.241 e. The zero-order valence-corrected chi connectivity index (χ0v) is 12.0. The summed E-state index contributed by atoms with van der Waals surface area (Å²) in [7, 11) is 0. The Labute approximate surface area is 111 Å². The van der Waals surface area contributed by atoms with Gasteiger partial charge in [0, 0.05) is 10.2 Å². The van der Waals surface area contributed by atoms with E-state index in [0.717, 1.165) is 15.7 Å². The van der Waals surface area contributed by atoms with Gasteiger partial charge in [0.25, 0.3) is 0 Å². The van der Waals surface area contributed by atoms with E-state index in [9.17, 15) is 4.79 Å². The number of nitrogens with one attached hydrogen (secondary N) is 1. The fourth-order valence-electron chi connectivity index (χ4n) is 1.61. The van der Waals surface area contributed by atoms with E-state index in [1.165, 1.54) is 0 Å². The van der Waals surface area contributed by atoms with E-state index in [1.54, 1.807) is 0 Å². The summed E-state index contributed by atoms with van der Waals surface area (Å²) in [6.07, 6.45) is 0.696. The van der Waals surface area contributed by atoms with Gasteiger partial charge in [-0.05, 0) is 43.0 Å². The van der Waals surface area contributed by atoms with E-state index in [2.05, 4.69) is 35.1 Å². The van der Waals surface area contributed by atoms with Crippen molar-refractivity contribution in [3.8, 4) is 0 Å². The molecule has 94 valence electrons. The van der Waals surface area contributed by atoms with Crippen molar-refractivity contribution in [2.24, 2.45) is 11.7 Å². The molecule has 4 heteroatoms. The molecule has 3 nitrogen and oxygen atoms in total. The third-order valence-electron chi connectivity index (χ3n) is 2.51. The van der Waals surface area contributed by atoms with Crippen molar-refractivity contribution in [1.82, 2.24) is 0 Å². The number of nitrogens with two attached hydrogens (primary N) is 1. The van der Waals surface area contributed by atoms with Crippen LogP contribution in [-0.2, 0) is 4.79 Å². The number of rotatable bonds is 4. The van der Waals surface area contributed by atoms with Crippen LogP contribution in [0.2, 0.25) is 0 Å². The molecule has 0 bridgehead atoms. The van der Waals surface area contributed by atoms with Gasteiger partial charge in [-0.1, -0.05) is 29.8 Å². The number of carbonyl (C=O) groups excluding carboxylic acids is 1. The first-order valence-electron chi connectivity index (χ1n) is 5.72. The molecule has 17 heavy (non-hydrogen) atoms. The van der Waals surface area contributed by atoms with Gasteiger partial charge in [-0.25, -0.2) is 0 Å². The van der Waals surface area contributed by atoms with Gasteiger partial charge in [0.1, 0.15) is 0 Å². The summed E-state index contributed by atoms with van der Waals surface area (Å²) in [5.41, 5.74) is 7.66. The Hall–Kier alpha value is -0.870. The normalized spacial score (nSPS) is 12.6. The van der Waals surface area contributed by atoms with Crippen molar-refractivity contribution >= 4 is 27.5 Å². The second kappa shape index (κ2) is 6.17. The monoisotopic (exact) mass is 298 g/mol. The molecule has 1 atom stereocenters. The van der Waals surface area contributed by atoms with Gasteiger partial charge in [0.2, 0.25) is 5.91 Å². The van der Waals surface area contributed by atoms with Crippen molar-refractivity contribution in [2.45, 2.75) is 33.2 Å². The fourth-order valence-corrected chi connectivity index (χ4v) is 2.08. The fraction of sp³-hybridized carbons (Fsp3) is 0.462. The number of aryl methyl sites for hydroxylation is 1. The van der Waals surface area contributed by atoms with Crippen LogP contribution >= 0.6 is 15.9 Å². The lowest BCUT2D eigenvalue weighted by Crippen LogP contribution is -2.36. The average molecular weight is 299 g/mol. The third kappa shape index (κ3) is 4.48. The van der Waals surface area contributed by atoms with Crippen molar-refractivity contribution < 1.29 is 4.79 Å². The molecule has 3 N–H and O–H groups in total. The van der Waals surface area contributed by atoms with Crippen LogP contribution in [-0.4, -0.2) is 11.9 Å². The number of hydrogen-bond donors (Lipinski definition) is 2. The molecule has 1 rings (SSSR count). The lowest BCUT2D eigenvalue weighted by Gasteiger charge is -2.15. The van der Waals surface area contributed by atoms with Crippen LogP contribution in [0.5, 0.6) is 0 Å². The van der Waals surface area contributed by atoms with Crippen LogP contribution in [0, 0.1) is 12.8 Å². The van der Waals surface area contributed by atoms with E-state index in [4.69, 9.17) is 5.73 Å². The number of halogens is 1. The molecule has 0 heterocycles. The molecule has 0 aliphatic rings. The van der Waals surface area contributed by atoms with E-state index < -0.39 is 6.04 Å². The van der Waals surface area contributed by atoms with Crippen LogP contribution in [0.3, 0.4) is 0 Å². The molecule has 0 radical (unpaired) electrons. The molecule has 0 saturated heterocycles. The zero-order valence-electron chi connectivity index (χ0n) is 10.5. The number of benzene rings is 1. The Morgan fingerprint density at radius 2 is 2.12 bits per heavy atom. The quantitative estimate of drug-likeness (QED) is 0.897. The second-order valence-electron chi connectivity index (χ2n) is 4.68. The van der Waals surface area contributed by atoms with Crippen molar-refractivity contribution in [3.05, 3.63) is 28.2 Å². The van der Waals surface area contributed by atoms with Gasteiger partial charge in [0.15, 0.2) is 0 Å². The van der Waals surface area contributed by atoms with Crippen LogP contribution in [0.1, 0.15) is 25.8 Å². The number of amides is 1. The largest absolute Gasteiger partial charge is 0.324 e. The molecule has 0 saturated carbocycles. The molecule has 0 unspecified atom stereocenters. The maximum atomic E-state index is 11.8. The van der Waals surface area contributed by atoms with E-state index in [1.807, 2.05) is 25.1 Å². The van der Waals surface area contributed by atoms with Crippen molar-refractivity contribution in [1.29, 1.82) is 0 Å². The minimum Gasteiger partial charge on any atom is -0.324 e. The van der Waals surface area contributed by atoms with Crippen LogP contribution in [0.4, 0.5) is 5.69 Å². The van der Waals surface area contributed by atoms with Gasteiger partial charge < -0.3 is 11.1 Å². The first kappa shape index (κ1) is 14.2. The first-order chi connectivity index (χ1) is 7.90. The molecule has 0 aliphatic heterocycles. The highest BCUT2D eigenvalue weighted by Crippen LogP contribution is 2.20. The first-order valence-corrected chi connectivity index (χ1v) is 6.52. The van der Waals surface area contributed by atoms with E-state index in [0.29, 0.717) is 12.3 Å². The lowest BCUT2D eigenvalue weighted by molar-refractivity contribution is -0.117. The Morgan fingerprint density at radius 1 is 1.47 bits per heavy atom. The van der Waals surface area contributed by atoms with Crippen LogP contribution < -0.4 is 11.1 Å². The summed E-state index contributed by atoms with van der Waals surface area (Å²) >= 11 is 3.39. The summed E-state index contributed by atoms with van der Waals surface area (Å²) in [5, 5.41) is 2.86. The maximum Gasteiger partial charge on any atom is 0.241 e. The Kier molecular flexibility index (Phi) is 5.15. The topological polar surface area (TPSA) is 55.1 Å². The predicted octanol–water partition coefficient (Wildman–Crippen LogP) is 3.07. The molecule has 0 spiro atoms. The van der Waals surface area contributed by atoms with E-state index >= 15 is 0 Å². The standard InChI is InChI=1S/C13H19BrN2O/c1-8(2)6-11(15)13(17)16-12-5-4-10(14)7-9(12)3/h4-5,7-8,11H,6,15H2,1-3H3,(H,16,17)/t11-/m1/s1. The minimum absolute atomic E-state index is 0.121. The number of hydrogen-bond acceptors (Lipinski definition) is 2. The highest BCUT2D eigenvalue weighted by atomic mass is 79.9. The van der Waals surface area contributed by atoms with Gasteiger partial charge in [-0.2, -0.15) is 0 Å². The third-order valence-corrected chi connectivity index (χ3v) is 3.00. The molecule has 1 aromatic carbocycles. The highest BCUT2D eigenvalue weighted by Gasteiger charge is 2.15. The molecule has 1 aromatic rings. The van der Waals surface area contributed by atoms with Crippen LogP contribution in [0.15, 0.2) is 22.7 Å². The van der Waals surface area contributed by atoms with Gasteiger partial charge >= 0.3 is 0 Å². The predicted molar refractivity (Wildman–Crippen MR) is 74.9 cm³/mol. The Balaban J connectivity index is 2.67. The Bertz CT molecular complexity index is 404.